The van der Waals surface area contributed by atoms with Crippen molar-refractivity contribution >= 4 is 17.6 Å². The molecular formula is C22H23N3O3. The van der Waals surface area contributed by atoms with E-state index in [0.717, 1.165) is 11.1 Å². The molecule has 6 nitrogen and oxygen atoms in total. The first kappa shape index (κ1) is 19.2. The highest BCUT2D eigenvalue weighted by atomic mass is 16.3. The normalized spacial score (nSPS) is 11.5. The van der Waals surface area contributed by atoms with Crippen molar-refractivity contribution in [1.82, 2.24) is 10.2 Å². The molecule has 3 rings (SSSR count). The average molecular weight is 377 g/mol. The summed E-state index contributed by atoms with van der Waals surface area (Å²) in [5.74, 6) is -0.0468. The van der Waals surface area contributed by atoms with Crippen molar-refractivity contribution in [2.75, 3.05) is 12.4 Å². The minimum atomic E-state index is -0.303. The highest BCUT2D eigenvalue weighted by Gasteiger charge is 2.16. The maximum Gasteiger partial charge on any atom is 0.317 e. The van der Waals surface area contributed by atoms with Gasteiger partial charge in [0.15, 0.2) is 5.76 Å². The quantitative estimate of drug-likeness (QED) is 0.667. The van der Waals surface area contributed by atoms with E-state index in [2.05, 4.69) is 10.6 Å². The van der Waals surface area contributed by atoms with Crippen LogP contribution in [0.4, 0.5) is 10.5 Å². The molecule has 144 valence electrons. The van der Waals surface area contributed by atoms with E-state index in [1.165, 1.54) is 6.26 Å². The maximum absolute atomic E-state index is 12.4. The number of hydrogen-bond acceptors (Lipinski definition) is 3. The monoisotopic (exact) mass is 377 g/mol. The molecule has 0 saturated carbocycles. The standard InChI is InChI=1S/C22H23N3O3/c1-16(18-7-4-3-5-8-18)25(2)22(27)23-15-17-10-12-19(13-11-17)24-21(26)20-9-6-14-28-20/h3-14,16H,15H2,1-2H3,(H,23,27)(H,24,26). The topological polar surface area (TPSA) is 74.6 Å². The molecule has 2 aromatic carbocycles. The van der Waals surface area contributed by atoms with Crippen molar-refractivity contribution in [2.45, 2.75) is 19.5 Å². The summed E-state index contributed by atoms with van der Waals surface area (Å²) in [5.41, 5.74) is 2.67. The summed E-state index contributed by atoms with van der Waals surface area (Å²) in [4.78, 5) is 26.1. The molecule has 0 aliphatic heterocycles. The predicted molar refractivity (Wildman–Crippen MR) is 108 cm³/mol. The summed E-state index contributed by atoms with van der Waals surface area (Å²) < 4.78 is 5.07. The molecule has 1 aromatic heterocycles. The Morgan fingerprint density at radius 3 is 2.36 bits per heavy atom. The SMILES string of the molecule is CC(c1ccccc1)N(C)C(=O)NCc1ccc(NC(=O)c2ccco2)cc1. The van der Waals surface area contributed by atoms with Gasteiger partial charge in [-0.3, -0.25) is 4.79 Å². The van der Waals surface area contributed by atoms with Crippen LogP contribution in [0.2, 0.25) is 0 Å². The number of carbonyl (C=O) groups excluding carboxylic acids is 2. The molecule has 0 saturated heterocycles. The van der Waals surface area contributed by atoms with Crippen molar-refractivity contribution < 1.29 is 14.0 Å². The molecular weight excluding hydrogens is 354 g/mol. The van der Waals surface area contributed by atoms with E-state index in [1.807, 2.05) is 49.4 Å². The van der Waals surface area contributed by atoms with Gasteiger partial charge in [0.2, 0.25) is 0 Å². The van der Waals surface area contributed by atoms with Crippen LogP contribution in [0.15, 0.2) is 77.4 Å². The Labute approximate surface area is 164 Å². The van der Waals surface area contributed by atoms with Crippen LogP contribution in [-0.4, -0.2) is 23.9 Å². The minimum absolute atomic E-state index is 0.0274. The van der Waals surface area contributed by atoms with Crippen LogP contribution in [0.3, 0.4) is 0 Å². The molecule has 1 unspecified atom stereocenters. The summed E-state index contributed by atoms with van der Waals surface area (Å²) in [6.07, 6.45) is 1.45. The summed E-state index contributed by atoms with van der Waals surface area (Å²) in [7, 11) is 1.78. The second kappa shape index (κ2) is 8.90. The fraction of sp³-hybridized carbons (Fsp3) is 0.182. The molecule has 28 heavy (non-hydrogen) atoms. The van der Waals surface area contributed by atoms with Crippen molar-refractivity contribution in [1.29, 1.82) is 0 Å². The molecule has 0 bridgehead atoms. The van der Waals surface area contributed by atoms with Gasteiger partial charge in [-0.2, -0.15) is 0 Å². The highest BCUT2D eigenvalue weighted by Crippen LogP contribution is 2.18. The summed E-state index contributed by atoms with van der Waals surface area (Å²) in [6, 6.07) is 20.3. The van der Waals surface area contributed by atoms with Crippen molar-refractivity contribution in [3.05, 3.63) is 89.9 Å². The lowest BCUT2D eigenvalue weighted by molar-refractivity contribution is 0.0996. The first-order valence-electron chi connectivity index (χ1n) is 9.04. The number of nitrogens with one attached hydrogen (secondary N) is 2. The number of furan rings is 1. The van der Waals surface area contributed by atoms with Crippen molar-refractivity contribution in [2.24, 2.45) is 0 Å². The molecule has 2 N–H and O–H groups in total. The Bertz CT molecular complexity index is 906. The number of carbonyl (C=O) groups is 2. The smallest absolute Gasteiger partial charge is 0.317 e. The minimum Gasteiger partial charge on any atom is -0.459 e. The van der Waals surface area contributed by atoms with Gasteiger partial charge in [-0.05, 0) is 42.3 Å². The molecule has 1 heterocycles. The molecule has 6 heteroatoms. The van der Waals surface area contributed by atoms with E-state index >= 15 is 0 Å². The molecule has 0 fully saturated rings. The third-order valence-electron chi connectivity index (χ3n) is 4.58. The second-order valence-corrected chi connectivity index (χ2v) is 6.48. The van der Waals surface area contributed by atoms with E-state index in [-0.39, 0.29) is 23.7 Å². The van der Waals surface area contributed by atoms with Gasteiger partial charge in [0, 0.05) is 19.3 Å². The van der Waals surface area contributed by atoms with E-state index in [1.54, 1.807) is 36.2 Å². The van der Waals surface area contributed by atoms with Gasteiger partial charge < -0.3 is 20.0 Å². The summed E-state index contributed by atoms with van der Waals surface area (Å²) >= 11 is 0. The van der Waals surface area contributed by atoms with Crippen molar-refractivity contribution in [3.8, 4) is 0 Å². The van der Waals surface area contributed by atoms with Crippen LogP contribution >= 0.6 is 0 Å². The van der Waals surface area contributed by atoms with E-state index in [0.29, 0.717) is 12.2 Å². The van der Waals surface area contributed by atoms with Gasteiger partial charge in [-0.1, -0.05) is 42.5 Å². The largest absolute Gasteiger partial charge is 0.459 e. The van der Waals surface area contributed by atoms with Gasteiger partial charge in [0.05, 0.1) is 12.3 Å². The fourth-order valence-electron chi connectivity index (χ4n) is 2.74. The maximum atomic E-state index is 12.4. The lowest BCUT2D eigenvalue weighted by atomic mass is 10.1. The number of anilines is 1. The third kappa shape index (κ3) is 4.79. The highest BCUT2D eigenvalue weighted by molar-refractivity contribution is 6.02. The number of hydrogen-bond donors (Lipinski definition) is 2. The Morgan fingerprint density at radius 2 is 1.71 bits per heavy atom. The Kier molecular flexibility index (Phi) is 6.11. The Morgan fingerprint density at radius 1 is 1.00 bits per heavy atom. The van der Waals surface area contributed by atoms with Crippen LogP contribution in [0, 0.1) is 0 Å². The Balaban J connectivity index is 1.51. The average Bonchev–Trinajstić information content (AvgIpc) is 3.27. The zero-order valence-corrected chi connectivity index (χ0v) is 15.9. The summed E-state index contributed by atoms with van der Waals surface area (Å²) in [6.45, 7) is 2.39. The molecule has 0 spiro atoms. The van der Waals surface area contributed by atoms with Gasteiger partial charge in [-0.15, -0.1) is 0 Å². The second-order valence-electron chi connectivity index (χ2n) is 6.48. The lowest BCUT2D eigenvalue weighted by Gasteiger charge is -2.25. The predicted octanol–water partition coefficient (Wildman–Crippen LogP) is 4.43. The molecule has 0 aliphatic rings. The van der Waals surface area contributed by atoms with E-state index in [4.69, 9.17) is 4.42 Å². The zero-order chi connectivity index (χ0) is 19.9. The van der Waals surface area contributed by atoms with Crippen molar-refractivity contribution in [3.63, 3.8) is 0 Å². The number of nitrogens with zero attached hydrogens (tertiary/aromatic N) is 1. The number of urea groups is 1. The van der Waals surface area contributed by atoms with Gasteiger partial charge in [-0.25, -0.2) is 4.79 Å². The molecule has 1 atom stereocenters. The molecule has 3 aromatic rings. The third-order valence-corrected chi connectivity index (χ3v) is 4.58. The number of rotatable bonds is 6. The van der Waals surface area contributed by atoms with Gasteiger partial charge in [0.25, 0.3) is 5.91 Å². The zero-order valence-electron chi connectivity index (χ0n) is 15.9. The van der Waals surface area contributed by atoms with Gasteiger partial charge in [0.1, 0.15) is 0 Å². The first-order valence-corrected chi connectivity index (χ1v) is 9.04. The van der Waals surface area contributed by atoms with Gasteiger partial charge >= 0.3 is 6.03 Å². The van der Waals surface area contributed by atoms with Crippen LogP contribution in [0.1, 0.15) is 34.6 Å². The lowest BCUT2D eigenvalue weighted by Crippen LogP contribution is -2.38. The van der Waals surface area contributed by atoms with Crippen LogP contribution < -0.4 is 10.6 Å². The van der Waals surface area contributed by atoms with Crippen LogP contribution in [-0.2, 0) is 6.54 Å². The van der Waals surface area contributed by atoms with E-state index < -0.39 is 0 Å². The number of amides is 3. The first-order chi connectivity index (χ1) is 13.5. The van der Waals surface area contributed by atoms with E-state index in [9.17, 15) is 9.59 Å². The van der Waals surface area contributed by atoms with Crippen LogP contribution in [0.5, 0.6) is 0 Å². The molecule has 0 aliphatic carbocycles. The summed E-state index contributed by atoms with van der Waals surface area (Å²) in [5, 5.41) is 5.68. The van der Waals surface area contributed by atoms with Crippen LogP contribution in [0.25, 0.3) is 0 Å². The molecule has 3 amide bonds. The Hall–Kier alpha value is -3.54. The molecule has 0 radical (unpaired) electrons. The number of benzene rings is 2. The fourth-order valence-corrected chi connectivity index (χ4v) is 2.74.